The number of aromatic nitrogens is 2. The van der Waals surface area contributed by atoms with Gasteiger partial charge in [-0.05, 0) is 61.8 Å². The summed E-state index contributed by atoms with van der Waals surface area (Å²) in [5.41, 5.74) is 9.77. The maximum Gasteiger partial charge on any atom is 0.173 e. The van der Waals surface area contributed by atoms with Crippen LogP contribution in [0.25, 0.3) is 66.1 Å². The Morgan fingerprint density at radius 2 is 1.15 bits per heavy atom. The van der Waals surface area contributed by atoms with Crippen molar-refractivity contribution in [2.24, 2.45) is 0 Å². The summed E-state index contributed by atoms with van der Waals surface area (Å²) in [6.45, 7) is 0. The number of fused-ring (bicyclic) bond motifs is 3. The number of hydrogen-bond donors (Lipinski definition) is 0. The van der Waals surface area contributed by atoms with Crippen molar-refractivity contribution in [3.63, 3.8) is 0 Å². The van der Waals surface area contributed by atoms with Crippen LogP contribution in [0, 0.1) is 0 Å². The molecule has 1 aliphatic carbocycles. The van der Waals surface area contributed by atoms with Crippen molar-refractivity contribution < 1.29 is 0 Å². The minimum atomic E-state index is 0.778. The Morgan fingerprint density at radius 3 is 1.94 bits per heavy atom. The molecule has 0 N–H and O–H groups in total. The molecule has 6 aromatic rings. The minimum Gasteiger partial charge on any atom is -0.215 e. The topological polar surface area (TPSA) is 25.8 Å². The summed E-state index contributed by atoms with van der Waals surface area (Å²) in [6.07, 6.45) is 0. The first-order valence-corrected chi connectivity index (χ1v) is 11.8. The highest BCUT2D eigenvalue weighted by molar-refractivity contribution is 7.09. The van der Waals surface area contributed by atoms with Crippen molar-refractivity contribution in [2.45, 2.75) is 0 Å². The molecule has 0 atom stereocenters. The van der Waals surface area contributed by atoms with Gasteiger partial charge in [-0.25, -0.2) is 4.98 Å². The van der Waals surface area contributed by atoms with Crippen LogP contribution in [0.1, 0.15) is 0 Å². The molecular formula is C30H18N2S. The first-order chi connectivity index (χ1) is 16.3. The van der Waals surface area contributed by atoms with Gasteiger partial charge >= 0.3 is 0 Å². The largest absolute Gasteiger partial charge is 0.215 e. The molecule has 0 saturated heterocycles. The highest BCUT2D eigenvalue weighted by Gasteiger charge is 2.22. The Balaban J connectivity index is 1.25. The van der Waals surface area contributed by atoms with Crippen LogP contribution in [0.3, 0.4) is 0 Å². The molecule has 3 heteroatoms. The van der Waals surface area contributed by atoms with E-state index in [1.807, 2.05) is 6.07 Å². The van der Waals surface area contributed by atoms with Gasteiger partial charge in [0.1, 0.15) is 5.01 Å². The zero-order valence-electron chi connectivity index (χ0n) is 17.7. The van der Waals surface area contributed by atoms with Gasteiger partial charge in [0.2, 0.25) is 0 Å². The molecule has 0 bridgehead atoms. The number of benzene rings is 5. The van der Waals surface area contributed by atoms with E-state index in [1.165, 1.54) is 55.7 Å². The van der Waals surface area contributed by atoms with E-state index in [4.69, 9.17) is 4.98 Å². The summed E-state index contributed by atoms with van der Waals surface area (Å²) in [6, 6.07) is 38.7. The summed E-state index contributed by atoms with van der Waals surface area (Å²) in [5.74, 6) is 0.778. The van der Waals surface area contributed by atoms with Crippen LogP contribution < -0.4 is 0 Å². The second kappa shape index (κ2) is 7.22. The first-order valence-electron chi connectivity index (χ1n) is 11.0. The Hall–Kier alpha value is -4.08. The van der Waals surface area contributed by atoms with Gasteiger partial charge in [0.15, 0.2) is 5.82 Å². The predicted molar refractivity (Wildman–Crippen MR) is 138 cm³/mol. The molecule has 0 amide bonds. The lowest BCUT2D eigenvalue weighted by atomic mass is 10.0. The van der Waals surface area contributed by atoms with Crippen molar-refractivity contribution in [1.29, 1.82) is 0 Å². The fraction of sp³-hybridized carbons (Fsp3) is 0. The van der Waals surface area contributed by atoms with Gasteiger partial charge in [0.05, 0.1) is 0 Å². The summed E-state index contributed by atoms with van der Waals surface area (Å²) in [7, 11) is 0. The summed E-state index contributed by atoms with van der Waals surface area (Å²) in [5, 5.41) is 3.59. The van der Waals surface area contributed by atoms with Crippen LogP contribution in [-0.2, 0) is 0 Å². The van der Waals surface area contributed by atoms with Crippen molar-refractivity contribution in [3.05, 3.63) is 109 Å². The molecule has 0 aliphatic heterocycles. The SMILES string of the molecule is c1ccc(-c2ccc(-c3nsc(-c4ccc5c(c4)-c4cccc6cccc-5c46)n3)cc2)cc1. The molecule has 0 saturated carbocycles. The monoisotopic (exact) mass is 438 g/mol. The molecule has 0 radical (unpaired) electrons. The van der Waals surface area contributed by atoms with Gasteiger partial charge in [0.25, 0.3) is 0 Å². The van der Waals surface area contributed by atoms with Gasteiger partial charge in [0, 0.05) is 11.1 Å². The Kier molecular flexibility index (Phi) is 4.05. The molecule has 0 fully saturated rings. The third-order valence-corrected chi connectivity index (χ3v) is 7.19. The van der Waals surface area contributed by atoms with Crippen LogP contribution in [0.4, 0.5) is 0 Å². The molecule has 1 heterocycles. The minimum absolute atomic E-state index is 0.778. The maximum atomic E-state index is 4.88. The van der Waals surface area contributed by atoms with Gasteiger partial charge in [-0.2, -0.15) is 4.37 Å². The van der Waals surface area contributed by atoms with Gasteiger partial charge < -0.3 is 0 Å². The lowest BCUT2D eigenvalue weighted by Crippen LogP contribution is -1.84. The maximum absolute atomic E-state index is 4.88. The molecule has 0 unspecified atom stereocenters. The second-order valence-electron chi connectivity index (χ2n) is 8.34. The van der Waals surface area contributed by atoms with Gasteiger partial charge in [-0.3, -0.25) is 0 Å². The molecule has 154 valence electrons. The van der Waals surface area contributed by atoms with E-state index in [9.17, 15) is 0 Å². The van der Waals surface area contributed by atoms with Crippen LogP contribution in [0.5, 0.6) is 0 Å². The molecule has 2 nitrogen and oxygen atoms in total. The molecule has 5 aromatic carbocycles. The summed E-state index contributed by atoms with van der Waals surface area (Å²) in [4.78, 5) is 4.88. The fourth-order valence-electron chi connectivity index (χ4n) is 4.83. The van der Waals surface area contributed by atoms with Crippen LogP contribution in [0.15, 0.2) is 109 Å². The highest BCUT2D eigenvalue weighted by Crippen LogP contribution is 2.48. The van der Waals surface area contributed by atoms with E-state index in [2.05, 4.69) is 108 Å². The summed E-state index contributed by atoms with van der Waals surface area (Å²) >= 11 is 1.46. The van der Waals surface area contributed by atoms with E-state index in [0.717, 1.165) is 22.0 Å². The Morgan fingerprint density at radius 1 is 0.485 bits per heavy atom. The van der Waals surface area contributed by atoms with Crippen molar-refractivity contribution >= 4 is 22.3 Å². The smallest absolute Gasteiger partial charge is 0.173 e. The van der Waals surface area contributed by atoms with Crippen LogP contribution >= 0.6 is 11.5 Å². The fourth-order valence-corrected chi connectivity index (χ4v) is 5.50. The quantitative estimate of drug-likeness (QED) is 0.277. The van der Waals surface area contributed by atoms with E-state index in [-0.39, 0.29) is 0 Å². The average molecular weight is 439 g/mol. The van der Waals surface area contributed by atoms with E-state index >= 15 is 0 Å². The lowest BCUT2D eigenvalue weighted by molar-refractivity contribution is 1.32. The molecule has 1 aliphatic rings. The van der Waals surface area contributed by atoms with Crippen LogP contribution in [0.2, 0.25) is 0 Å². The zero-order valence-corrected chi connectivity index (χ0v) is 18.5. The summed E-state index contributed by atoms with van der Waals surface area (Å²) < 4.78 is 4.67. The number of nitrogens with zero attached hydrogens (tertiary/aromatic N) is 2. The first kappa shape index (κ1) is 18.5. The van der Waals surface area contributed by atoms with Crippen molar-refractivity contribution in [2.75, 3.05) is 0 Å². The highest BCUT2D eigenvalue weighted by atomic mass is 32.1. The second-order valence-corrected chi connectivity index (χ2v) is 9.09. The molecule has 0 spiro atoms. The third kappa shape index (κ3) is 2.94. The standard InChI is InChI=1S/C30H18N2S/c1-2-6-19(7-3-1)20-12-14-22(15-13-20)29-31-30(33-32-29)23-16-17-24-25-10-4-8-21-9-5-11-26(28(21)25)27(24)18-23/h1-18H. The van der Waals surface area contributed by atoms with Crippen molar-refractivity contribution in [3.8, 4) is 55.3 Å². The third-order valence-electron chi connectivity index (χ3n) is 6.43. The lowest BCUT2D eigenvalue weighted by Gasteiger charge is -2.04. The van der Waals surface area contributed by atoms with Crippen LogP contribution in [-0.4, -0.2) is 9.36 Å². The molecule has 7 rings (SSSR count). The molecule has 1 aromatic heterocycles. The van der Waals surface area contributed by atoms with E-state index < -0.39 is 0 Å². The molecule has 33 heavy (non-hydrogen) atoms. The number of rotatable bonds is 3. The average Bonchev–Trinajstić information content (AvgIpc) is 3.50. The normalized spacial score (nSPS) is 11.6. The van der Waals surface area contributed by atoms with Gasteiger partial charge in [-0.1, -0.05) is 103 Å². The Labute approximate surface area is 196 Å². The molecular weight excluding hydrogens is 420 g/mol. The van der Waals surface area contributed by atoms with E-state index in [1.54, 1.807) is 0 Å². The Bertz CT molecular complexity index is 1640. The predicted octanol–water partition coefficient (Wildman–Crippen LogP) is 8.34. The van der Waals surface area contributed by atoms with E-state index in [0.29, 0.717) is 0 Å². The van der Waals surface area contributed by atoms with Gasteiger partial charge in [-0.15, -0.1) is 0 Å². The van der Waals surface area contributed by atoms with Crippen molar-refractivity contribution in [1.82, 2.24) is 9.36 Å². The number of hydrogen-bond acceptors (Lipinski definition) is 3. The zero-order chi connectivity index (χ0) is 21.8.